The quantitative estimate of drug-likeness (QED) is 0.517. The van der Waals surface area contributed by atoms with Gasteiger partial charge in [-0.05, 0) is 31.5 Å². The first-order valence-corrected chi connectivity index (χ1v) is 10.9. The number of guanidine groups is 1. The number of benzene rings is 1. The predicted molar refractivity (Wildman–Crippen MR) is 126 cm³/mol. The van der Waals surface area contributed by atoms with E-state index in [1.54, 1.807) is 21.3 Å². The molecule has 3 rings (SSSR count). The third-order valence-corrected chi connectivity index (χ3v) is 6.10. The molecule has 32 heavy (non-hydrogen) atoms. The maximum Gasteiger partial charge on any atom is 0.203 e. The fraction of sp³-hybridized carbons (Fsp3) is 0.565. The van der Waals surface area contributed by atoms with Crippen LogP contribution in [0.3, 0.4) is 0 Å². The summed E-state index contributed by atoms with van der Waals surface area (Å²) in [7, 11) is 8.73. The van der Waals surface area contributed by atoms with E-state index < -0.39 is 0 Å². The fourth-order valence-corrected chi connectivity index (χ4v) is 4.18. The molecule has 0 bridgehead atoms. The van der Waals surface area contributed by atoms with Crippen molar-refractivity contribution >= 4 is 5.96 Å². The molecule has 1 saturated heterocycles. The maximum absolute atomic E-state index is 5.49. The lowest BCUT2D eigenvalue weighted by atomic mass is 10.1. The molecule has 176 valence electrons. The summed E-state index contributed by atoms with van der Waals surface area (Å²) in [5.74, 6) is 2.93. The Kier molecular flexibility index (Phi) is 7.84. The maximum atomic E-state index is 5.49. The van der Waals surface area contributed by atoms with E-state index in [9.17, 15) is 0 Å². The summed E-state index contributed by atoms with van der Waals surface area (Å²) in [5, 5.41) is 8.02. The fourth-order valence-electron chi connectivity index (χ4n) is 4.18. The van der Waals surface area contributed by atoms with Crippen LogP contribution in [0.25, 0.3) is 0 Å². The lowest BCUT2D eigenvalue weighted by Gasteiger charge is -2.36. The highest BCUT2D eigenvalue weighted by molar-refractivity contribution is 5.80. The van der Waals surface area contributed by atoms with E-state index in [2.05, 4.69) is 39.1 Å². The predicted octanol–water partition coefficient (Wildman–Crippen LogP) is 1.96. The topological polar surface area (TPSA) is 76.4 Å². The van der Waals surface area contributed by atoms with Gasteiger partial charge in [0.25, 0.3) is 0 Å². The first kappa shape index (κ1) is 23.7. The lowest BCUT2D eigenvalue weighted by molar-refractivity contribution is 0.172. The van der Waals surface area contributed by atoms with Gasteiger partial charge in [0.1, 0.15) is 0 Å². The summed E-state index contributed by atoms with van der Waals surface area (Å²) < 4.78 is 18.3. The molecule has 0 aliphatic carbocycles. The summed E-state index contributed by atoms with van der Waals surface area (Å²) in [6, 6.07) is 4.04. The van der Waals surface area contributed by atoms with E-state index in [1.165, 1.54) is 11.3 Å². The van der Waals surface area contributed by atoms with Gasteiger partial charge in [-0.15, -0.1) is 0 Å². The van der Waals surface area contributed by atoms with Gasteiger partial charge in [-0.3, -0.25) is 14.6 Å². The zero-order valence-electron chi connectivity index (χ0n) is 20.4. The zero-order valence-corrected chi connectivity index (χ0v) is 20.4. The van der Waals surface area contributed by atoms with Gasteiger partial charge in [0.15, 0.2) is 17.5 Å². The molecule has 9 nitrogen and oxygen atoms in total. The molecule has 0 saturated carbocycles. The minimum Gasteiger partial charge on any atom is -0.493 e. The Hall–Kier alpha value is -2.94. The Bertz CT molecular complexity index is 922. The normalized spacial score (nSPS) is 15.1. The van der Waals surface area contributed by atoms with E-state index in [0.717, 1.165) is 56.5 Å². The van der Waals surface area contributed by atoms with Crippen LogP contribution in [-0.2, 0) is 20.1 Å². The third-order valence-electron chi connectivity index (χ3n) is 6.10. The summed E-state index contributed by atoms with van der Waals surface area (Å²) in [6.07, 6.45) is 0. The highest BCUT2D eigenvalue weighted by atomic mass is 16.5. The van der Waals surface area contributed by atoms with E-state index in [4.69, 9.17) is 14.2 Å². The first-order valence-electron chi connectivity index (χ1n) is 10.9. The Balaban J connectivity index is 1.58. The van der Waals surface area contributed by atoms with Gasteiger partial charge in [0.05, 0.1) is 27.0 Å². The smallest absolute Gasteiger partial charge is 0.203 e. The van der Waals surface area contributed by atoms with Crippen LogP contribution in [0, 0.1) is 13.8 Å². The van der Waals surface area contributed by atoms with Gasteiger partial charge >= 0.3 is 0 Å². The average Bonchev–Trinajstić information content (AvgIpc) is 3.05. The van der Waals surface area contributed by atoms with Crippen molar-refractivity contribution in [3.05, 3.63) is 34.6 Å². The molecule has 9 heteroatoms. The van der Waals surface area contributed by atoms with Crippen molar-refractivity contribution in [1.82, 2.24) is 24.9 Å². The van der Waals surface area contributed by atoms with Crippen LogP contribution in [-0.4, -0.2) is 80.1 Å². The summed E-state index contributed by atoms with van der Waals surface area (Å²) in [4.78, 5) is 9.25. The number of aryl methyl sites for hydroxylation is 2. The standard InChI is InChI=1S/C23H36N6O3/c1-16-19(17(2)27(4)26-16)14-25-23(24-3)29-10-8-28(9-11-29)15-18-12-20(30-5)22(32-7)21(13-18)31-6/h12-13H,8-11,14-15H2,1-7H3,(H,24,25). The summed E-state index contributed by atoms with van der Waals surface area (Å²) >= 11 is 0. The molecule has 0 spiro atoms. The molecule has 0 radical (unpaired) electrons. The molecule has 1 N–H and O–H groups in total. The first-order chi connectivity index (χ1) is 15.4. The number of piperazine rings is 1. The van der Waals surface area contributed by atoms with E-state index in [-0.39, 0.29) is 0 Å². The van der Waals surface area contributed by atoms with Crippen LogP contribution in [0.4, 0.5) is 0 Å². The second-order valence-electron chi connectivity index (χ2n) is 7.97. The molecule has 0 unspecified atom stereocenters. The van der Waals surface area contributed by atoms with Gasteiger partial charge in [-0.1, -0.05) is 0 Å². The van der Waals surface area contributed by atoms with E-state index in [0.29, 0.717) is 17.2 Å². The molecule has 1 fully saturated rings. The van der Waals surface area contributed by atoms with Crippen LogP contribution >= 0.6 is 0 Å². The second-order valence-corrected chi connectivity index (χ2v) is 7.97. The molecule has 2 aromatic rings. The number of hydrogen-bond donors (Lipinski definition) is 1. The zero-order chi connectivity index (χ0) is 23.3. The molecule has 1 aromatic carbocycles. The van der Waals surface area contributed by atoms with Crippen molar-refractivity contribution < 1.29 is 14.2 Å². The monoisotopic (exact) mass is 444 g/mol. The number of ether oxygens (including phenoxy) is 3. The second kappa shape index (κ2) is 10.6. The van der Waals surface area contributed by atoms with Gasteiger partial charge in [-0.25, -0.2) is 0 Å². The number of methoxy groups -OCH3 is 3. The van der Waals surface area contributed by atoms with Crippen molar-refractivity contribution in [3.8, 4) is 17.2 Å². The highest BCUT2D eigenvalue weighted by Gasteiger charge is 2.21. The van der Waals surface area contributed by atoms with Crippen LogP contribution in [0.5, 0.6) is 17.2 Å². The molecular formula is C23H36N6O3. The molecule has 2 heterocycles. The van der Waals surface area contributed by atoms with Crippen LogP contribution in [0.1, 0.15) is 22.5 Å². The van der Waals surface area contributed by atoms with Crippen molar-refractivity contribution in [2.24, 2.45) is 12.0 Å². The molecule has 0 atom stereocenters. The van der Waals surface area contributed by atoms with Gasteiger partial charge in [0.2, 0.25) is 5.75 Å². The van der Waals surface area contributed by atoms with Crippen LogP contribution in [0.2, 0.25) is 0 Å². The minimum atomic E-state index is 0.623. The van der Waals surface area contributed by atoms with Crippen molar-refractivity contribution in [2.75, 3.05) is 54.6 Å². The summed E-state index contributed by atoms with van der Waals surface area (Å²) in [5.41, 5.74) is 4.61. The van der Waals surface area contributed by atoms with E-state index >= 15 is 0 Å². The SMILES string of the molecule is CN=C(NCc1c(C)nn(C)c1C)N1CCN(Cc2cc(OC)c(OC)c(OC)c2)CC1. The van der Waals surface area contributed by atoms with E-state index in [1.807, 2.05) is 30.9 Å². The minimum absolute atomic E-state index is 0.623. The molecule has 1 aromatic heterocycles. The Morgan fingerprint density at radius 1 is 1.03 bits per heavy atom. The highest BCUT2D eigenvalue weighted by Crippen LogP contribution is 2.38. The number of hydrogen-bond acceptors (Lipinski definition) is 6. The number of nitrogens with one attached hydrogen (secondary N) is 1. The summed E-state index contributed by atoms with van der Waals surface area (Å²) in [6.45, 7) is 9.42. The molecular weight excluding hydrogens is 408 g/mol. The largest absolute Gasteiger partial charge is 0.493 e. The van der Waals surface area contributed by atoms with Crippen molar-refractivity contribution in [3.63, 3.8) is 0 Å². The molecule has 1 aliphatic rings. The number of aromatic nitrogens is 2. The van der Waals surface area contributed by atoms with Gasteiger partial charge < -0.3 is 24.4 Å². The third kappa shape index (κ3) is 5.09. The number of aliphatic imine (C=N–C) groups is 1. The van der Waals surface area contributed by atoms with Crippen LogP contribution < -0.4 is 19.5 Å². The average molecular weight is 445 g/mol. The van der Waals surface area contributed by atoms with Gasteiger partial charge in [0, 0.05) is 64.6 Å². The lowest BCUT2D eigenvalue weighted by Crippen LogP contribution is -2.52. The number of nitrogens with zero attached hydrogens (tertiary/aromatic N) is 5. The Morgan fingerprint density at radius 3 is 2.12 bits per heavy atom. The Morgan fingerprint density at radius 2 is 1.66 bits per heavy atom. The van der Waals surface area contributed by atoms with Gasteiger partial charge in [-0.2, -0.15) is 5.10 Å². The number of rotatable bonds is 7. The van der Waals surface area contributed by atoms with Crippen molar-refractivity contribution in [1.29, 1.82) is 0 Å². The molecule has 0 amide bonds. The Labute approximate surface area is 191 Å². The molecule has 1 aliphatic heterocycles. The van der Waals surface area contributed by atoms with Crippen molar-refractivity contribution in [2.45, 2.75) is 26.9 Å². The van der Waals surface area contributed by atoms with Crippen LogP contribution in [0.15, 0.2) is 17.1 Å².